The van der Waals surface area contributed by atoms with E-state index < -0.39 is 15.9 Å². The van der Waals surface area contributed by atoms with Crippen LogP contribution in [0.25, 0.3) is 0 Å². The van der Waals surface area contributed by atoms with Crippen molar-refractivity contribution in [2.24, 2.45) is 0 Å². The van der Waals surface area contributed by atoms with Crippen LogP contribution in [0.15, 0.2) is 47.4 Å². The Bertz CT molecular complexity index is 1070. The standard InChI is InChI=1S/C21H25N3O4S/c1-14-6-5-7-18(10-14)22-21(26)13-23(4)29(27,28)19-8-9-20-17(12-19)11-15(2)24(20)16(3)25/h5-10,12,15H,11,13H2,1-4H3,(H,22,26)/t15-/m1/s1. The molecule has 2 amide bonds. The summed E-state index contributed by atoms with van der Waals surface area (Å²) in [6, 6.07) is 12.0. The van der Waals surface area contributed by atoms with Gasteiger partial charge in [0.1, 0.15) is 0 Å². The van der Waals surface area contributed by atoms with Gasteiger partial charge in [0, 0.05) is 31.4 Å². The van der Waals surface area contributed by atoms with Gasteiger partial charge in [0.05, 0.1) is 11.4 Å². The number of nitrogens with zero attached hydrogens (tertiary/aromatic N) is 2. The molecule has 0 fully saturated rings. The van der Waals surface area contributed by atoms with Crippen molar-refractivity contribution in [3.63, 3.8) is 0 Å². The van der Waals surface area contributed by atoms with Crippen molar-refractivity contribution in [1.82, 2.24) is 4.31 Å². The summed E-state index contributed by atoms with van der Waals surface area (Å²) in [6.45, 7) is 5.03. The molecule has 1 aliphatic heterocycles. The van der Waals surface area contributed by atoms with Gasteiger partial charge in [-0.05, 0) is 61.7 Å². The maximum atomic E-state index is 12.9. The third-order valence-corrected chi connectivity index (χ3v) is 6.78. The second kappa shape index (κ2) is 7.96. The third-order valence-electron chi connectivity index (χ3n) is 4.98. The van der Waals surface area contributed by atoms with Crippen LogP contribution in [-0.2, 0) is 26.0 Å². The molecule has 0 aromatic heterocycles. The molecule has 3 rings (SSSR count). The molecule has 0 saturated heterocycles. The SMILES string of the molecule is CC(=O)N1c2ccc(S(=O)(=O)N(C)CC(=O)Nc3cccc(C)c3)cc2C[C@H]1C. The Kier molecular flexibility index (Phi) is 5.77. The zero-order valence-electron chi connectivity index (χ0n) is 17.0. The molecule has 1 heterocycles. The van der Waals surface area contributed by atoms with E-state index in [2.05, 4.69) is 5.32 Å². The van der Waals surface area contributed by atoms with Crippen molar-refractivity contribution >= 4 is 33.2 Å². The number of hydrogen-bond donors (Lipinski definition) is 1. The van der Waals surface area contributed by atoms with Gasteiger partial charge >= 0.3 is 0 Å². The third kappa shape index (κ3) is 4.33. The molecule has 8 heteroatoms. The minimum absolute atomic E-state index is 0.0155. The second-order valence-electron chi connectivity index (χ2n) is 7.41. The molecule has 1 atom stereocenters. The van der Waals surface area contributed by atoms with E-state index >= 15 is 0 Å². The van der Waals surface area contributed by atoms with Crippen molar-refractivity contribution in [2.75, 3.05) is 23.8 Å². The van der Waals surface area contributed by atoms with Crippen LogP contribution in [0.1, 0.15) is 25.0 Å². The number of hydrogen-bond acceptors (Lipinski definition) is 4. The van der Waals surface area contributed by atoms with Crippen LogP contribution < -0.4 is 10.2 Å². The summed E-state index contributed by atoms with van der Waals surface area (Å²) in [7, 11) is -2.46. The summed E-state index contributed by atoms with van der Waals surface area (Å²) in [6.07, 6.45) is 0.593. The van der Waals surface area contributed by atoms with Gasteiger partial charge in [-0.2, -0.15) is 4.31 Å². The number of amides is 2. The number of aryl methyl sites for hydroxylation is 1. The first-order valence-corrected chi connectivity index (χ1v) is 10.8. The van der Waals surface area contributed by atoms with E-state index in [0.717, 1.165) is 21.1 Å². The highest BCUT2D eigenvalue weighted by Gasteiger charge is 2.31. The minimum atomic E-state index is -3.84. The summed E-state index contributed by atoms with van der Waals surface area (Å²) in [5.41, 5.74) is 3.17. The van der Waals surface area contributed by atoms with Gasteiger partial charge in [0.25, 0.3) is 0 Å². The van der Waals surface area contributed by atoms with Crippen LogP contribution in [0.3, 0.4) is 0 Å². The van der Waals surface area contributed by atoms with Crippen molar-refractivity contribution < 1.29 is 18.0 Å². The Balaban J connectivity index is 1.76. The number of likely N-dealkylation sites (N-methyl/N-ethyl adjacent to an activating group) is 1. The average Bonchev–Trinajstić information content (AvgIpc) is 2.96. The van der Waals surface area contributed by atoms with Crippen LogP contribution in [-0.4, -0.2) is 44.2 Å². The first-order valence-electron chi connectivity index (χ1n) is 9.35. The van der Waals surface area contributed by atoms with Crippen molar-refractivity contribution in [3.8, 4) is 0 Å². The van der Waals surface area contributed by atoms with Gasteiger partial charge in [-0.3, -0.25) is 9.59 Å². The number of carbonyl (C=O) groups excluding carboxylic acids is 2. The molecule has 0 saturated carbocycles. The first-order chi connectivity index (χ1) is 13.6. The maximum absolute atomic E-state index is 12.9. The van der Waals surface area contributed by atoms with E-state index in [1.54, 1.807) is 23.1 Å². The van der Waals surface area contributed by atoms with Crippen LogP contribution in [0.2, 0.25) is 0 Å². The predicted octanol–water partition coefficient (Wildman–Crippen LogP) is 2.55. The molecule has 2 aromatic rings. The lowest BCUT2D eigenvalue weighted by molar-refractivity contribution is -0.117. The lowest BCUT2D eigenvalue weighted by atomic mass is 10.1. The number of nitrogens with one attached hydrogen (secondary N) is 1. The van der Waals surface area contributed by atoms with Crippen molar-refractivity contribution in [3.05, 3.63) is 53.6 Å². The summed E-state index contributed by atoms with van der Waals surface area (Å²) >= 11 is 0. The molecular formula is C21H25N3O4S. The van der Waals surface area contributed by atoms with E-state index in [1.165, 1.54) is 20.0 Å². The Morgan fingerprint density at radius 3 is 2.59 bits per heavy atom. The highest BCUT2D eigenvalue weighted by molar-refractivity contribution is 7.89. The number of benzene rings is 2. The largest absolute Gasteiger partial charge is 0.325 e. The molecular weight excluding hydrogens is 390 g/mol. The fourth-order valence-corrected chi connectivity index (χ4v) is 4.82. The molecule has 2 aromatic carbocycles. The Labute approximate surface area is 171 Å². The number of fused-ring (bicyclic) bond motifs is 1. The molecule has 7 nitrogen and oxygen atoms in total. The summed E-state index contributed by atoms with van der Waals surface area (Å²) < 4.78 is 26.9. The van der Waals surface area contributed by atoms with Crippen LogP contribution in [0.4, 0.5) is 11.4 Å². The Hall–Kier alpha value is -2.71. The fourth-order valence-electron chi connectivity index (χ4n) is 3.64. The number of rotatable bonds is 5. The number of sulfonamides is 1. The molecule has 1 aliphatic rings. The molecule has 0 unspecified atom stereocenters. The van der Waals surface area contributed by atoms with E-state index in [4.69, 9.17) is 0 Å². The van der Waals surface area contributed by atoms with E-state index in [9.17, 15) is 18.0 Å². The molecule has 0 spiro atoms. The van der Waals surface area contributed by atoms with Crippen molar-refractivity contribution in [2.45, 2.75) is 38.1 Å². The van der Waals surface area contributed by atoms with Gasteiger partial charge in [0.15, 0.2) is 0 Å². The fraction of sp³-hybridized carbons (Fsp3) is 0.333. The molecule has 0 aliphatic carbocycles. The molecule has 1 N–H and O–H groups in total. The highest BCUT2D eigenvalue weighted by Crippen LogP contribution is 2.34. The summed E-state index contributed by atoms with van der Waals surface area (Å²) in [5, 5.41) is 2.71. The van der Waals surface area contributed by atoms with E-state index in [0.29, 0.717) is 12.1 Å². The van der Waals surface area contributed by atoms with Crippen molar-refractivity contribution in [1.29, 1.82) is 0 Å². The van der Waals surface area contributed by atoms with Crippen LogP contribution in [0.5, 0.6) is 0 Å². The lowest BCUT2D eigenvalue weighted by Crippen LogP contribution is -2.35. The minimum Gasteiger partial charge on any atom is -0.325 e. The molecule has 29 heavy (non-hydrogen) atoms. The topological polar surface area (TPSA) is 86.8 Å². The normalized spacial score (nSPS) is 16.0. The monoisotopic (exact) mass is 415 g/mol. The maximum Gasteiger partial charge on any atom is 0.243 e. The Morgan fingerprint density at radius 2 is 1.93 bits per heavy atom. The molecule has 0 radical (unpaired) electrons. The predicted molar refractivity (Wildman–Crippen MR) is 112 cm³/mol. The van der Waals surface area contributed by atoms with Gasteiger partial charge < -0.3 is 10.2 Å². The molecule has 0 bridgehead atoms. The van der Waals surface area contributed by atoms with Crippen LogP contribution in [0, 0.1) is 6.92 Å². The van der Waals surface area contributed by atoms with Gasteiger partial charge in [-0.1, -0.05) is 12.1 Å². The molecule has 154 valence electrons. The lowest BCUT2D eigenvalue weighted by Gasteiger charge is -2.21. The highest BCUT2D eigenvalue weighted by atomic mass is 32.2. The van der Waals surface area contributed by atoms with E-state index in [1.807, 2.05) is 32.0 Å². The van der Waals surface area contributed by atoms with Crippen LogP contribution >= 0.6 is 0 Å². The summed E-state index contributed by atoms with van der Waals surface area (Å²) in [5.74, 6) is -0.490. The second-order valence-corrected chi connectivity index (χ2v) is 9.46. The smallest absolute Gasteiger partial charge is 0.243 e. The number of anilines is 2. The quantitative estimate of drug-likeness (QED) is 0.813. The first kappa shape index (κ1) is 21.0. The zero-order valence-corrected chi connectivity index (χ0v) is 17.8. The average molecular weight is 416 g/mol. The number of carbonyl (C=O) groups is 2. The van der Waals surface area contributed by atoms with Gasteiger partial charge in [-0.25, -0.2) is 8.42 Å². The Morgan fingerprint density at radius 1 is 1.21 bits per heavy atom. The zero-order chi connectivity index (χ0) is 21.3. The van der Waals surface area contributed by atoms with Gasteiger partial charge in [0.2, 0.25) is 21.8 Å². The van der Waals surface area contributed by atoms with Gasteiger partial charge in [-0.15, -0.1) is 0 Å². The summed E-state index contributed by atoms with van der Waals surface area (Å²) in [4.78, 5) is 25.9. The van der Waals surface area contributed by atoms with E-state index in [-0.39, 0.29) is 23.4 Å².